The number of amides is 1. The van der Waals surface area contributed by atoms with Crippen LogP contribution in [0.5, 0.6) is 11.5 Å². The lowest BCUT2D eigenvalue weighted by Gasteiger charge is -2.17. The maximum Gasteiger partial charge on any atom is 0.340 e. The van der Waals surface area contributed by atoms with Crippen LogP contribution in [0.1, 0.15) is 25.0 Å². The monoisotopic (exact) mass is 407 g/mol. The quantitative estimate of drug-likeness (QED) is 0.559. The fourth-order valence-corrected chi connectivity index (χ4v) is 3.43. The van der Waals surface area contributed by atoms with E-state index >= 15 is 0 Å². The van der Waals surface area contributed by atoms with E-state index in [0.29, 0.717) is 24.2 Å². The van der Waals surface area contributed by atoms with E-state index in [1.165, 1.54) is 13.2 Å². The molecular weight excluding hydrogens is 382 g/mol. The summed E-state index contributed by atoms with van der Waals surface area (Å²) in [6.45, 7) is 4.15. The number of carbonyl (C=O) groups is 2. The van der Waals surface area contributed by atoms with Crippen molar-refractivity contribution in [1.82, 2.24) is 4.90 Å². The van der Waals surface area contributed by atoms with Gasteiger partial charge in [-0.05, 0) is 49.6 Å². The van der Waals surface area contributed by atoms with Crippen molar-refractivity contribution < 1.29 is 24.2 Å². The van der Waals surface area contributed by atoms with Gasteiger partial charge in [-0.2, -0.15) is 0 Å². The Bertz CT molecular complexity index is 1010. The summed E-state index contributed by atoms with van der Waals surface area (Å²) in [5, 5.41) is 9.82. The zero-order valence-electron chi connectivity index (χ0n) is 17.3. The van der Waals surface area contributed by atoms with Crippen LogP contribution in [0.2, 0.25) is 0 Å². The number of phenolic OH excluding ortho intramolecular Hbond substituents is 1. The van der Waals surface area contributed by atoms with Crippen LogP contribution in [-0.4, -0.2) is 42.1 Å². The summed E-state index contributed by atoms with van der Waals surface area (Å²) in [6, 6.07) is 14.6. The van der Waals surface area contributed by atoms with Crippen LogP contribution in [-0.2, 0) is 20.7 Å². The van der Waals surface area contributed by atoms with Gasteiger partial charge in [0.05, 0.1) is 24.9 Å². The summed E-state index contributed by atoms with van der Waals surface area (Å²) < 4.78 is 10.3. The highest BCUT2D eigenvalue weighted by Crippen LogP contribution is 2.33. The second kappa shape index (κ2) is 9.31. The molecular formula is C24H25NO5. The third-order valence-electron chi connectivity index (χ3n) is 4.97. The third kappa shape index (κ3) is 4.38. The number of hydrogen-bond donors (Lipinski definition) is 1. The predicted molar refractivity (Wildman–Crippen MR) is 114 cm³/mol. The van der Waals surface area contributed by atoms with E-state index in [-0.39, 0.29) is 35.2 Å². The Hall–Kier alpha value is -3.54. The van der Waals surface area contributed by atoms with Crippen molar-refractivity contribution in [3.63, 3.8) is 0 Å². The van der Waals surface area contributed by atoms with Gasteiger partial charge in [0.1, 0.15) is 0 Å². The van der Waals surface area contributed by atoms with E-state index in [4.69, 9.17) is 9.47 Å². The van der Waals surface area contributed by atoms with Crippen LogP contribution < -0.4 is 4.74 Å². The Morgan fingerprint density at radius 3 is 2.57 bits per heavy atom. The molecule has 0 fully saturated rings. The molecule has 1 heterocycles. The number of rotatable bonds is 7. The van der Waals surface area contributed by atoms with Gasteiger partial charge in [0, 0.05) is 12.2 Å². The minimum absolute atomic E-state index is 0.000718. The molecule has 6 heteroatoms. The summed E-state index contributed by atoms with van der Waals surface area (Å²) in [4.78, 5) is 27.5. The summed E-state index contributed by atoms with van der Waals surface area (Å²) in [7, 11) is 1.45. The number of ether oxygens (including phenoxy) is 2. The number of esters is 1. The van der Waals surface area contributed by atoms with Crippen molar-refractivity contribution in [1.29, 1.82) is 0 Å². The molecule has 1 aliphatic rings. The average Bonchev–Trinajstić information content (AvgIpc) is 2.98. The normalized spacial score (nSPS) is 15.1. The summed E-state index contributed by atoms with van der Waals surface area (Å²) in [5.74, 6) is -0.491. The number of allylic oxidation sites excluding steroid dienone is 1. The topological polar surface area (TPSA) is 76.1 Å². The van der Waals surface area contributed by atoms with E-state index in [0.717, 1.165) is 5.56 Å². The maximum atomic E-state index is 13.2. The van der Waals surface area contributed by atoms with Crippen LogP contribution in [0.3, 0.4) is 0 Å². The van der Waals surface area contributed by atoms with Crippen LogP contribution in [0, 0.1) is 0 Å². The standard InChI is InChI=1S/C24H25NO5/c1-4-30-24(28)22-16(2)25(13-12-17-8-6-5-7-9-17)23(27)19(22)14-18-10-11-20(26)21(15-18)29-3/h5-11,14-15,26H,4,12-13H2,1-3H3/b19-14-. The van der Waals surface area contributed by atoms with Gasteiger partial charge < -0.3 is 19.5 Å². The molecule has 0 atom stereocenters. The van der Waals surface area contributed by atoms with Crippen molar-refractivity contribution in [3.8, 4) is 11.5 Å². The van der Waals surface area contributed by atoms with Crippen molar-refractivity contribution in [3.05, 3.63) is 76.5 Å². The number of aromatic hydroxyl groups is 1. The van der Waals surface area contributed by atoms with E-state index in [1.807, 2.05) is 30.3 Å². The number of methoxy groups -OCH3 is 1. The molecule has 30 heavy (non-hydrogen) atoms. The highest BCUT2D eigenvalue weighted by Gasteiger charge is 2.36. The molecule has 2 aromatic carbocycles. The largest absolute Gasteiger partial charge is 0.504 e. The molecule has 156 valence electrons. The van der Waals surface area contributed by atoms with E-state index in [9.17, 15) is 14.7 Å². The van der Waals surface area contributed by atoms with Crippen molar-refractivity contribution in [2.24, 2.45) is 0 Å². The van der Waals surface area contributed by atoms with E-state index < -0.39 is 5.97 Å². The van der Waals surface area contributed by atoms with Gasteiger partial charge >= 0.3 is 5.97 Å². The number of nitrogens with zero attached hydrogens (tertiary/aromatic N) is 1. The molecule has 0 aliphatic carbocycles. The molecule has 1 N–H and O–H groups in total. The number of carbonyl (C=O) groups excluding carboxylic acids is 2. The predicted octanol–water partition coefficient (Wildman–Crippen LogP) is 3.71. The molecule has 0 saturated heterocycles. The van der Waals surface area contributed by atoms with Gasteiger partial charge in [-0.3, -0.25) is 4.79 Å². The average molecular weight is 407 g/mol. The molecule has 0 unspecified atom stereocenters. The third-order valence-corrected chi connectivity index (χ3v) is 4.97. The molecule has 0 radical (unpaired) electrons. The molecule has 0 saturated carbocycles. The first-order valence-corrected chi connectivity index (χ1v) is 9.79. The van der Waals surface area contributed by atoms with Crippen LogP contribution >= 0.6 is 0 Å². The number of phenols is 1. The molecule has 3 rings (SSSR count). The first-order chi connectivity index (χ1) is 14.5. The Balaban J connectivity index is 1.96. The Labute approximate surface area is 176 Å². The van der Waals surface area contributed by atoms with Gasteiger partial charge in [0.15, 0.2) is 11.5 Å². The van der Waals surface area contributed by atoms with Crippen LogP contribution in [0.25, 0.3) is 6.08 Å². The Kier molecular flexibility index (Phi) is 6.57. The first kappa shape index (κ1) is 21.2. The smallest absolute Gasteiger partial charge is 0.340 e. The SMILES string of the molecule is CCOC(=O)C1=C(C)N(CCc2ccccc2)C(=O)/C1=C\c1ccc(O)c(OC)c1. The fourth-order valence-electron chi connectivity index (χ4n) is 3.43. The van der Waals surface area contributed by atoms with Crippen molar-refractivity contribution in [2.45, 2.75) is 20.3 Å². The fraction of sp³-hybridized carbons (Fsp3) is 0.250. The number of benzene rings is 2. The Morgan fingerprint density at radius 1 is 1.17 bits per heavy atom. The summed E-state index contributed by atoms with van der Waals surface area (Å²) >= 11 is 0. The lowest BCUT2D eigenvalue weighted by atomic mass is 10.0. The van der Waals surface area contributed by atoms with E-state index in [1.54, 1.807) is 37.0 Å². The number of hydrogen-bond acceptors (Lipinski definition) is 5. The summed E-state index contributed by atoms with van der Waals surface area (Å²) in [5.41, 5.74) is 2.85. The zero-order valence-corrected chi connectivity index (χ0v) is 17.3. The van der Waals surface area contributed by atoms with Crippen molar-refractivity contribution in [2.75, 3.05) is 20.3 Å². The molecule has 6 nitrogen and oxygen atoms in total. The Morgan fingerprint density at radius 2 is 1.90 bits per heavy atom. The van der Waals surface area contributed by atoms with Crippen LogP contribution in [0.15, 0.2) is 65.4 Å². The van der Waals surface area contributed by atoms with Gasteiger partial charge in [-0.1, -0.05) is 36.4 Å². The highest BCUT2D eigenvalue weighted by atomic mass is 16.5. The molecule has 1 aliphatic heterocycles. The maximum absolute atomic E-state index is 13.2. The van der Waals surface area contributed by atoms with E-state index in [2.05, 4.69) is 0 Å². The van der Waals surface area contributed by atoms with Gasteiger partial charge in [0.25, 0.3) is 5.91 Å². The minimum Gasteiger partial charge on any atom is -0.504 e. The molecule has 2 aromatic rings. The van der Waals surface area contributed by atoms with Crippen molar-refractivity contribution >= 4 is 18.0 Å². The molecule has 0 spiro atoms. The molecule has 0 aromatic heterocycles. The van der Waals surface area contributed by atoms with Gasteiger partial charge in [-0.25, -0.2) is 4.79 Å². The first-order valence-electron chi connectivity index (χ1n) is 9.79. The molecule has 0 bridgehead atoms. The lowest BCUT2D eigenvalue weighted by Crippen LogP contribution is -2.27. The van der Waals surface area contributed by atoms with Gasteiger partial charge in [-0.15, -0.1) is 0 Å². The van der Waals surface area contributed by atoms with Gasteiger partial charge in [0.2, 0.25) is 0 Å². The second-order valence-corrected chi connectivity index (χ2v) is 6.86. The lowest BCUT2D eigenvalue weighted by molar-refractivity contribution is -0.138. The minimum atomic E-state index is -0.525. The zero-order chi connectivity index (χ0) is 21.7. The summed E-state index contributed by atoms with van der Waals surface area (Å²) in [6.07, 6.45) is 2.29. The molecule has 1 amide bonds. The van der Waals surface area contributed by atoms with Crippen LogP contribution in [0.4, 0.5) is 0 Å². The highest BCUT2D eigenvalue weighted by molar-refractivity contribution is 6.16. The second-order valence-electron chi connectivity index (χ2n) is 6.86.